The molecule has 0 bridgehead atoms. The van der Waals surface area contributed by atoms with Gasteiger partial charge in [-0.2, -0.15) is 0 Å². The predicted octanol–water partition coefficient (Wildman–Crippen LogP) is 6.37. The fourth-order valence-electron chi connectivity index (χ4n) is 3.89. The van der Waals surface area contributed by atoms with Crippen LogP contribution in [0.3, 0.4) is 0 Å². The van der Waals surface area contributed by atoms with Gasteiger partial charge in [0.2, 0.25) is 5.91 Å². The molecule has 8 nitrogen and oxygen atoms in total. The van der Waals surface area contributed by atoms with E-state index in [4.69, 9.17) is 9.47 Å². The highest BCUT2D eigenvalue weighted by Gasteiger charge is 2.18. The maximum atomic E-state index is 13.4. The van der Waals surface area contributed by atoms with Crippen LogP contribution in [0.5, 0.6) is 11.5 Å². The second kappa shape index (κ2) is 14.7. The molecule has 220 valence electrons. The second-order valence-electron chi connectivity index (χ2n) is 9.26. The van der Waals surface area contributed by atoms with Gasteiger partial charge in [-0.15, -0.1) is 11.8 Å². The van der Waals surface area contributed by atoms with Gasteiger partial charge in [0, 0.05) is 40.0 Å². The standard InChI is InChI=1S/C33H30FN3O5S/c1-21(31(38)36-26-17-27(41-2)20-28(18-26)42-3)43-29-11-7-10-25(19-29)35-33(40)30(16-22-12-14-24(34)15-13-22)37-32(39)23-8-5-4-6-9-23/h4-21H,1-3H3,(H,35,40)(H,36,38)(H,37,39)/b30-16-. The Labute approximate surface area is 253 Å². The highest BCUT2D eigenvalue weighted by Crippen LogP contribution is 2.29. The molecule has 0 saturated heterocycles. The Morgan fingerprint density at radius 1 is 0.791 bits per heavy atom. The summed E-state index contributed by atoms with van der Waals surface area (Å²) in [6, 6.07) is 26.1. The number of hydrogen-bond donors (Lipinski definition) is 3. The normalized spacial score (nSPS) is 11.7. The molecule has 4 aromatic rings. The number of carbonyl (C=O) groups is 3. The van der Waals surface area contributed by atoms with E-state index in [1.54, 1.807) is 73.7 Å². The number of nitrogens with one attached hydrogen (secondary N) is 3. The molecule has 0 fully saturated rings. The molecule has 4 rings (SSSR count). The van der Waals surface area contributed by atoms with Crippen LogP contribution in [0.25, 0.3) is 6.08 Å². The third-order valence-corrected chi connectivity index (χ3v) is 7.20. The van der Waals surface area contributed by atoms with Gasteiger partial charge in [-0.1, -0.05) is 36.4 Å². The van der Waals surface area contributed by atoms with E-state index < -0.39 is 22.9 Å². The zero-order valence-electron chi connectivity index (χ0n) is 23.7. The van der Waals surface area contributed by atoms with Gasteiger partial charge in [0.1, 0.15) is 23.0 Å². The topological polar surface area (TPSA) is 106 Å². The minimum Gasteiger partial charge on any atom is -0.497 e. The van der Waals surface area contributed by atoms with Crippen molar-refractivity contribution in [1.82, 2.24) is 5.32 Å². The van der Waals surface area contributed by atoms with Crippen molar-refractivity contribution >= 4 is 46.9 Å². The van der Waals surface area contributed by atoms with Crippen LogP contribution >= 0.6 is 11.8 Å². The Bertz CT molecular complexity index is 1610. The average Bonchev–Trinajstić information content (AvgIpc) is 3.02. The van der Waals surface area contributed by atoms with Crippen molar-refractivity contribution < 1.29 is 28.2 Å². The largest absolute Gasteiger partial charge is 0.497 e. The second-order valence-corrected chi connectivity index (χ2v) is 10.7. The van der Waals surface area contributed by atoms with E-state index in [1.807, 2.05) is 6.07 Å². The quantitative estimate of drug-likeness (QED) is 0.137. The summed E-state index contributed by atoms with van der Waals surface area (Å²) < 4.78 is 24.0. The molecule has 0 aliphatic rings. The Kier molecular flexibility index (Phi) is 10.5. The zero-order chi connectivity index (χ0) is 30.8. The third-order valence-electron chi connectivity index (χ3n) is 6.10. The number of amides is 3. The molecular weight excluding hydrogens is 569 g/mol. The fourth-order valence-corrected chi connectivity index (χ4v) is 4.82. The summed E-state index contributed by atoms with van der Waals surface area (Å²) in [6.07, 6.45) is 1.47. The summed E-state index contributed by atoms with van der Waals surface area (Å²) in [5.74, 6) is -0.604. The highest BCUT2D eigenvalue weighted by molar-refractivity contribution is 8.00. The van der Waals surface area contributed by atoms with Gasteiger partial charge in [0.15, 0.2) is 0 Å². The van der Waals surface area contributed by atoms with Gasteiger partial charge >= 0.3 is 0 Å². The Hall–Kier alpha value is -5.09. The first-order valence-corrected chi connectivity index (χ1v) is 14.1. The zero-order valence-corrected chi connectivity index (χ0v) is 24.5. The lowest BCUT2D eigenvalue weighted by molar-refractivity contribution is -0.115. The number of methoxy groups -OCH3 is 2. The summed E-state index contributed by atoms with van der Waals surface area (Å²) in [5, 5.41) is 7.85. The first-order valence-electron chi connectivity index (χ1n) is 13.2. The number of anilines is 2. The van der Waals surface area contributed by atoms with Crippen molar-refractivity contribution in [3.8, 4) is 11.5 Å². The van der Waals surface area contributed by atoms with Gasteiger partial charge in [0.05, 0.1) is 19.5 Å². The van der Waals surface area contributed by atoms with Crippen LogP contribution in [0.1, 0.15) is 22.8 Å². The Balaban J connectivity index is 1.47. The molecule has 0 aliphatic heterocycles. The maximum absolute atomic E-state index is 13.4. The molecule has 1 unspecified atom stereocenters. The van der Waals surface area contributed by atoms with Gasteiger partial charge in [-0.25, -0.2) is 4.39 Å². The Morgan fingerprint density at radius 2 is 1.47 bits per heavy atom. The van der Waals surface area contributed by atoms with Crippen LogP contribution < -0.4 is 25.4 Å². The van der Waals surface area contributed by atoms with Crippen LogP contribution in [-0.2, 0) is 9.59 Å². The first kappa shape index (κ1) is 30.9. The molecule has 4 aromatic carbocycles. The lowest BCUT2D eigenvalue weighted by Gasteiger charge is -2.15. The highest BCUT2D eigenvalue weighted by atomic mass is 32.2. The minimum absolute atomic E-state index is 0.0278. The summed E-state index contributed by atoms with van der Waals surface area (Å²) in [4.78, 5) is 39.9. The lowest BCUT2D eigenvalue weighted by Crippen LogP contribution is -2.30. The first-order chi connectivity index (χ1) is 20.7. The summed E-state index contributed by atoms with van der Waals surface area (Å²) in [6.45, 7) is 1.77. The number of rotatable bonds is 11. The molecule has 0 spiro atoms. The molecule has 0 heterocycles. The van der Waals surface area contributed by atoms with Crippen LogP contribution in [0.15, 0.2) is 108 Å². The minimum atomic E-state index is -0.575. The molecule has 0 radical (unpaired) electrons. The molecule has 3 N–H and O–H groups in total. The van der Waals surface area contributed by atoms with E-state index >= 15 is 0 Å². The lowest BCUT2D eigenvalue weighted by atomic mass is 10.1. The third kappa shape index (κ3) is 8.95. The number of hydrogen-bond acceptors (Lipinski definition) is 6. The molecule has 0 aliphatic carbocycles. The van der Waals surface area contributed by atoms with E-state index in [1.165, 1.54) is 56.3 Å². The summed E-state index contributed by atoms with van der Waals surface area (Å²) in [5.41, 5.74) is 1.86. The van der Waals surface area contributed by atoms with Gasteiger partial charge in [0.25, 0.3) is 11.8 Å². The number of carbonyl (C=O) groups excluding carboxylic acids is 3. The fraction of sp³-hybridized carbons (Fsp3) is 0.121. The molecule has 3 amide bonds. The molecule has 43 heavy (non-hydrogen) atoms. The van der Waals surface area contributed by atoms with Crippen molar-refractivity contribution in [2.24, 2.45) is 0 Å². The van der Waals surface area contributed by atoms with Crippen molar-refractivity contribution in [2.75, 3.05) is 24.9 Å². The molecular formula is C33H30FN3O5S. The van der Waals surface area contributed by atoms with Gasteiger partial charge in [-0.3, -0.25) is 14.4 Å². The average molecular weight is 600 g/mol. The molecule has 0 saturated carbocycles. The van der Waals surface area contributed by atoms with E-state index in [-0.39, 0.29) is 11.6 Å². The number of benzene rings is 4. The number of halogens is 1. The van der Waals surface area contributed by atoms with Crippen LogP contribution in [0.4, 0.5) is 15.8 Å². The number of ether oxygens (including phenoxy) is 2. The number of thioether (sulfide) groups is 1. The van der Waals surface area contributed by atoms with Crippen LogP contribution in [0.2, 0.25) is 0 Å². The van der Waals surface area contributed by atoms with E-state index in [0.717, 1.165) is 4.90 Å². The van der Waals surface area contributed by atoms with E-state index in [9.17, 15) is 18.8 Å². The van der Waals surface area contributed by atoms with Gasteiger partial charge in [-0.05, 0) is 61.0 Å². The summed E-state index contributed by atoms with van der Waals surface area (Å²) in [7, 11) is 3.06. The predicted molar refractivity (Wildman–Crippen MR) is 167 cm³/mol. The monoisotopic (exact) mass is 599 g/mol. The van der Waals surface area contributed by atoms with Crippen LogP contribution in [0, 0.1) is 5.82 Å². The smallest absolute Gasteiger partial charge is 0.272 e. The molecule has 1 atom stereocenters. The van der Waals surface area contributed by atoms with E-state index in [0.29, 0.717) is 34.0 Å². The van der Waals surface area contributed by atoms with Crippen LogP contribution in [-0.4, -0.2) is 37.2 Å². The van der Waals surface area contributed by atoms with E-state index in [2.05, 4.69) is 16.0 Å². The maximum Gasteiger partial charge on any atom is 0.272 e. The van der Waals surface area contributed by atoms with Crippen molar-refractivity contribution in [2.45, 2.75) is 17.1 Å². The summed E-state index contributed by atoms with van der Waals surface area (Å²) >= 11 is 1.31. The van der Waals surface area contributed by atoms with Crippen molar-refractivity contribution in [1.29, 1.82) is 0 Å². The Morgan fingerprint density at radius 3 is 2.12 bits per heavy atom. The molecule has 0 aromatic heterocycles. The van der Waals surface area contributed by atoms with Gasteiger partial charge < -0.3 is 25.4 Å². The SMILES string of the molecule is COc1cc(NC(=O)C(C)Sc2cccc(NC(=O)/C(=C/c3ccc(F)cc3)NC(=O)c3ccccc3)c2)cc(OC)c1. The van der Waals surface area contributed by atoms with Crippen molar-refractivity contribution in [3.63, 3.8) is 0 Å². The molecule has 10 heteroatoms. The van der Waals surface area contributed by atoms with Crippen molar-refractivity contribution in [3.05, 3.63) is 120 Å².